The fourth-order valence-electron chi connectivity index (χ4n) is 0.223. The van der Waals surface area contributed by atoms with Crippen molar-refractivity contribution >= 4 is 31.4 Å². The highest BCUT2D eigenvalue weighted by atomic mass is 33.5. The maximum atomic E-state index is 2.20. The lowest BCUT2D eigenvalue weighted by Gasteiger charge is -1.91. The van der Waals surface area contributed by atoms with Crippen LogP contribution in [0.3, 0.4) is 0 Å². The minimum atomic E-state index is 1.26. The van der Waals surface area contributed by atoms with E-state index in [1.165, 1.54) is 12.2 Å². The number of allylic oxidation sites excluding steroid dienone is 1. The summed E-state index contributed by atoms with van der Waals surface area (Å²) in [4.78, 5) is 0. The van der Waals surface area contributed by atoms with Crippen molar-refractivity contribution in [1.29, 1.82) is 0 Å². The van der Waals surface area contributed by atoms with Crippen molar-refractivity contribution in [3.63, 3.8) is 0 Å². The summed E-state index contributed by atoms with van der Waals surface area (Å²) in [5, 5.41) is 2.10. The molecule has 0 N–H and O–H groups in total. The molecule has 0 spiro atoms. The first-order chi connectivity index (χ1) is 4.41. The molecule has 0 unspecified atom stereocenters. The predicted molar refractivity (Wildman–Crippen MR) is 52.7 cm³/mol. The van der Waals surface area contributed by atoms with E-state index in [1.807, 2.05) is 27.5 Å². The first-order valence-electron chi connectivity index (χ1n) is 2.98. The van der Waals surface area contributed by atoms with Crippen LogP contribution in [-0.2, 0) is 0 Å². The molecule has 0 amide bonds. The van der Waals surface area contributed by atoms with Crippen molar-refractivity contribution in [2.45, 2.75) is 20.3 Å². The van der Waals surface area contributed by atoms with Gasteiger partial charge < -0.3 is 0 Å². The second-order valence-corrected chi connectivity index (χ2v) is 5.62. The summed E-state index contributed by atoms with van der Waals surface area (Å²) in [6, 6.07) is 0. The Labute approximate surface area is 69.0 Å². The molecule has 0 saturated heterocycles. The molecule has 0 saturated carbocycles. The van der Waals surface area contributed by atoms with Gasteiger partial charge in [0, 0.05) is 5.75 Å². The Morgan fingerprint density at radius 3 is 2.78 bits per heavy atom. The van der Waals surface area contributed by atoms with Crippen LogP contribution >= 0.6 is 31.4 Å². The zero-order valence-electron chi connectivity index (χ0n) is 5.79. The lowest BCUT2D eigenvalue weighted by Crippen LogP contribution is -1.63. The van der Waals surface area contributed by atoms with Crippen LogP contribution in [0.5, 0.6) is 0 Å². The lowest BCUT2D eigenvalue weighted by atomic mass is 10.6. The third-order valence-electron chi connectivity index (χ3n) is 0.566. The van der Waals surface area contributed by atoms with Crippen LogP contribution < -0.4 is 0 Å². The summed E-state index contributed by atoms with van der Waals surface area (Å²) < 4.78 is 0. The molecule has 0 aromatic rings. The van der Waals surface area contributed by atoms with E-state index < -0.39 is 0 Å². The van der Waals surface area contributed by atoms with Gasteiger partial charge in [-0.3, -0.25) is 0 Å². The molecule has 0 fully saturated rings. The first kappa shape index (κ1) is 9.79. The zero-order chi connectivity index (χ0) is 6.95. The van der Waals surface area contributed by atoms with Gasteiger partial charge in [0.2, 0.25) is 0 Å². The Balaban J connectivity index is 2.75. The maximum absolute atomic E-state index is 2.20. The predicted octanol–water partition coefficient (Wildman–Crippen LogP) is 3.96. The minimum Gasteiger partial charge on any atom is -0.0822 e. The fourth-order valence-corrected chi connectivity index (χ4v) is 3.53. The Morgan fingerprint density at radius 2 is 2.22 bits per heavy atom. The van der Waals surface area contributed by atoms with E-state index in [-0.39, 0.29) is 0 Å². The standard InChI is InChI=1S/C6H12S3/c1-3-5-7-9-8-6-4-2/h3,5H,4,6H2,1-2H3/b5-3-. The highest BCUT2D eigenvalue weighted by Gasteiger charge is 1.83. The van der Waals surface area contributed by atoms with E-state index in [0.717, 1.165) is 0 Å². The summed E-state index contributed by atoms with van der Waals surface area (Å²) in [5.74, 6) is 1.26. The third kappa shape index (κ3) is 8.79. The monoisotopic (exact) mass is 180 g/mol. The molecule has 0 aliphatic rings. The molecular formula is C6H12S3. The van der Waals surface area contributed by atoms with Crippen molar-refractivity contribution in [3.8, 4) is 0 Å². The van der Waals surface area contributed by atoms with E-state index in [4.69, 9.17) is 0 Å². The van der Waals surface area contributed by atoms with Gasteiger partial charge in [0.15, 0.2) is 0 Å². The molecule has 0 heterocycles. The molecule has 3 heteroatoms. The molecule has 54 valence electrons. The summed E-state index contributed by atoms with van der Waals surface area (Å²) in [6.07, 6.45) is 3.33. The van der Waals surface area contributed by atoms with E-state index >= 15 is 0 Å². The molecule has 0 bridgehead atoms. The van der Waals surface area contributed by atoms with Gasteiger partial charge >= 0.3 is 0 Å². The summed E-state index contributed by atoms with van der Waals surface area (Å²) in [5.41, 5.74) is 0. The quantitative estimate of drug-likeness (QED) is 0.464. The topological polar surface area (TPSA) is 0 Å². The molecular weight excluding hydrogens is 168 g/mol. The molecule has 0 aromatic heterocycles. The average Bonchev–Trinajstić information content (AvgIpc) is 1.89. The molecule has 0 aliphatic carbocycles. The fraction of sp³-hybridized carbons (Fsp3) is 0.667. The number of hydrogen-bond donors (Lipinski definition) is 0. The summed E-state index contributed by atoms with van der Waals surface area (Å²) in [7, 11) is 5.56. The SMILES string of the molecule is C/C=C\SSSCCC. The zero-order valence-corrected chi connectivity index (χ0v) is 8.24. The summed E-state index contributed by atoms with van der Waals surface area (Å²) in [6.45, 7) is 4.24. The van der Waals surface area contributed by atoms with Gasteiger partial charge in [0.05, 0.1) is 0 Å². The van der Waals surface area contributed by atoms with Crippen LogP contribution in [0.4, 0.5) is 0 Å². The van der Waals surface area contributed by atoms with Crippen LogP contribution in [0.15, 0.2) is 11.5 Å². The van der Waals surface area contributed by atoms with E-state index in [2.05, 4.69) is 18.4 Å². The van der Waals surface area contributed by atoms with Gasteiger partial charge in [-0.1, -0.05) is 34.6 Å². The minimum absolute atomic E-state index is 1.26. The summed E-state index contributed by atoms with van der Waals surface area (Å²) >= 11 is 0. The lowest BCUT2D eigenvalue weighted by molar-refractivity contribution is 1.11. The van der Waals surface area contributed by atoms with Crippen molar-refractivity contribution in [3.05, 3.63) is 11.5 Å². The van der Waals surface area contributed by atoms with Gasteiger partial charge in [-0.2, -0.15) is 0 Å². The maximum Gasteiger partial charge on any atom is 0.00426 e. The molecule has 0 aliphatic heterocycles. The van der Waals surface area contributed by atoms with Gasteiger partial charge in [-0.25, -0.2) is 0 Å². The Morgan fingerprint density at radius 1 is 1.44 bits per heavy atom. The van der Waals surface area contributed by atoms with Crippen LogP contribution in [0, 0.1) is 0 Å². The van der Waals surface area contributed by atoms with Gasteiger partial charge in [0.25, 0.3) is 0 Å². The van der Waals surface area contributed by atoms with Gasteiger partial charge in [0.1, 0.15) is 0 Å². The van der Waals surface area contributed by atoms with Crippen LogP contribution in [0.2, 0.25) is 0 Å². The Bertz CT molecular complexity index is 70.7. The Kier molecular flexibility index (Phi) is 9.56. The van der Waals surface area contributed by atoms with Crippen LogP contribution in [-0.4, -0.2) is 5.75 Å². The molecule has 0 nitrogen and oxygen atoms in total. The highest BCUT2D eigenvalue weighted by molar-refractivity contribution is 9.09. The Hall–Kier alpha value is 0.790. The largest absolute Gasteiger partial charge is 0.0822 e. The molecule has 9 heavy (non-hydrogen) atoms. The van der Waals surface area contributed by atoms with Crippen molar-refractivity contribution in [2.24, 2.45) is 0 Å². The highest BCUT2D eigenvalue weighted by Crippen LogP contribution is 2.35. The van der Waals surface area contributed by atoms with Crippen molar-refractivity contribution in [1.82, 2.24) is 0 Å². The third-order valence-corrected chi connectivity index (χ3v) is 4.63. The average molecular weight is 180 g/mol. The second kappa shape index (κ2) is 8.79. The van der Waals surface area contributed by atoms with Gasteiger partial charge in [-0.15, -0.1) is 0 Å². The first-order valence-corrected chi connectivity index (χ1v) is 6.69. The molecule has 0 atom stereocenters. The van der Waals surface area contributed by atoms with E-state index in [0.29, 0.717) is 0 Å². The van der Waals surface area contributed by atoms with Crippen LogP contribution in [0.1, 0.15) is 20.3 Å². The van der Waals surface area contributed by atoms with Gasteiger partial charge in [-0.05, 0) is 28.6 Å². The number of rotatable bonds is 5. The van der Waals surface area contributed by atoms with Crippen LogP contribution in [0.25, 0.3) is 0 Å². The van der Waals surface area contributed by atoms with Crippen molar-refractivity contribution in [2.75, 3.05) is 5.75 Å². The van der Waals surface area contributed by atoms with E-state index in [9.17, 15) is 0 Å². The molecule has 0 radical (unpaired) electrons. The number of hydrogen-bond acceptors (Lipinski definition) is 3. The smallest absolute Gasteiger partial charge is 0.00426 e. The molecule has 0 rings (SSSR count). The van der Waals surface area contributed by atoms with E-state index in [1.54, 1.807) is 10.8 Å². The normalized spacial score (nSPS) is 10.9. The second-order valence-electron chi connectivity index (χ2n) is 1.46. The molecule has 0 aromatic carbocycles. The van der Waals surface area contributed by atoms with Crippen molar-refractivity contribution < 1.29 is 0 Å².